The smallest absolute Gasteiger partial charge is 0.475 e. The van der Waals surface area contributed by atoms with Gasteiger partial charge in [-0.25, -0.2) is 9.18 Å². The molecule has 0 aliphatic rings. The van der Waals surface area contributed by atoms with Gasteiger partial charge in [-0.1, -0.05) is 24.3 Å². The summed E-state index contributed by atoms with van der Waals surface area (Å²) in [5, 5.41) is 26.3. The topological polar surface area (TPSA) is 141 Å². The Morgan fingerprint density at radius 2 is 1.61 bits per heavy atom. The van der Waals surface area contributed by atoms with E-state index in [4.69, 9.17) is 15.6 Å². The first-order valence-corrected chi connectivity index (χ1v) is 8.43. The highest BCUT2D eigenvalue weighted by Gasteiger charge is 2.38. The Hall–Kier alpha value is -3.93. The third-order valence-electron chi connectivity index (χ3n) is 3.81. The number of nitrogens with one attached hydrogen (secondary N) is 2. The molecule has 0 radical (unpaired) electrons. The molecule has 8 nitrogen and oxygen atoms in total. The number of aromatic amines is 1. The quantitative estimate of drug-likeness (QED) is 0.395. The minimum Gasteiger partial charge on any atom is -0.475 e. The van der Waals surface area contributed by atoms with Crippen LogP contribution in [0.15, 0.2) is 54.7 Å². The lowest BCUT2D eigenvalue weighted by Gasteiger charge is -2.12. The minimum absolute atomic E-state index is 0.316. The number of aliphatic carboxylic acids is 1. The summed E-state index contributed by atoms with van der Waals surface area (Å²) < 4.78 is 44.6. The minimum atomic E-state index is -5.08. The number of rotatable bonds is 4. The summed E-state index contributed by atoms with van der Waals surface area (Å²) in [7, 11) is 0. The lowest BCUT2D eigenvalue weighted by Crippen LogP contribution is -2.21. The SMILES string of the molecule is Nc1[nH]ncc1-c1ccc(NC(=O)C(O)c2ccc(F)cc2)cc1.O=C(O)C(F)(F)F. The molecular weight excluding hydrogens is 424 g/mol. The van der Waals surface area contributed by atoms with E-state index in [9.17, 15) is 27.5 Å². The number of benzene rings is 2. The van der Waals surface area contributed by atoms with Gasteiger partial charge in [0, 0.05) is 11.3 Å². The Balaban J connectivity index is 0.000000423. The molecule has 0 saturated heterocycles. The number of anilines is 2. The van der Waals surface area contributed by atoms with Crippen molar-refractivity contribution in [3.05, 3.63) is 66.1 Å². The van der Waals surface area contributed by atoms with Crippen molar-refractivity contribution in [3.63, 3.8) is 0 Å². The number of nitrogens with two attached hydrogens (primary N) is 1. The molecule has 0 aliphatic heterocycles. The number of nitrogens with zero attached hydrogens (tertiary/aromatic N) is 1. The van der Waals surface area contributed by atoms with Gasteiger partial charge in [-0.15, -0.1) is 0 Å². The summed E-state index contributed by atoms with van der Waals surface area (Å²) in [6.07, 6.45) is -4.85. The molecule has 0 aliphatic carbocycles. The van der Waals surface area contributed by atoms with Crippen LogP contribution < -0.4 is 11.1 Å². The van der Waals surface area contributed by atoms with Crippen LogP contribution in [0.1, 0.15) is 11.7 Å². The van der Waals surface area contributed by atoms with Gasteiger partial charge in [0.25, 0.3) is 5.91 Å². The van der Waals surface area contributed by atoms with E-state index < -0.39 is 30.0 Å². The number of amides is 1. The van der Waals surface area contributed by atoms with Gasteiger partial charge in [-0.2, -0.15) is 18.3 Å². The monoisotopic (exact) mass is 440 g/mol. The van der Waals surface area contributed by atoms with Gasteiger partial charge >= 0.3 is 12.1 Å². The molecule has 12 heteroatoms. The van der Waals surface area contributed by atoms with Gasteiger partial charge in [-0.05, 0) is 35.4 Å². The molecule has 2 aromatic carbocycles. The van der Waals surface area contributed by atoms with Crippen LogP contribution >= 0.6 is 0 Å². The fraction of sp³-hybridized carbons (Fsp3) is 0.105. The number of hydrogen-bond acceptors (Lipinski definition) is 5. The van der Waals surface area contributed by atoms with Gasteiger partial charge < -0.3 is 21.3 Å². The fourth-order valence-electron chi connectivity index (χ4n) is 2.27. The zero-order valence-corrected chi connectivity index (χ0v) is 15.5. The number of carboxylic acids is 1. The van der Waals surface area contributed by atoms with E-state index in [2.05, 4.69) is 15.5 Å². The third kappa shape index (κ3) is 6.54. The summed E-state index contributed by atoms with van der Waals surface area (Å²) in [6, 6.07) is 12.1. The molecule has 0 bridgehead atoms. The van der Waals surface area contributed by atoms with E-state index in [1.54, 1.807) is 30.5 Å². The fourth-order valence-corrected chi connectivity index (χ4v) is 2.27. The number of halogens is 4. The summed E-state index contributed by atoms with van der Waals surface area (Å²) in [5.74, 6) is -3.33. The highest BCUT2D eigenvalue weighted by atomic mass is 19.4. The average molecular weight is 440 g/mol. The van der Waals surface area contributed by atoms with Gasteiger partial charge in [0.1, 0.15) is 11.6 Å². The summed E-state index contributed by atoms with van der Waals surface area (Å²) in [4.78, 5) is 21.0. The number of carbonyl (C=O) groups excluding carboxylic acids is 1. The van der Waals surface area contributed by atoms with Crippen LogP contribution in [0.4, 0.5) is 29.1 Å². The van der Waals surface area contributed by atoms with Crippen LogP contribution in [0, 0.1) is 5.82 Å². The molecule has 164 valence electrons. The lowest BCUT2D eigenvalue weighted by molar-refractivity contribution is -0.192. The molecule has 31 heavy (non-hydrogen) atoms. The third-order valence-corrected chi connectivity index (χ3v) is 3.81. The number of nitrogen functional groups attached to an aromatic ring is 1. The molecule has 3 rings (SSSR count). The van der Waals surface area contributed by atoms with Crippen LogP contribution in [0.3, 0.4) is 0 Å². The van der Waals surface area contributed by atoms with Crippen LogP contribution in [-0.4, -0.2) is 38.5 Å². The maximum Gasteiger partial charge on any atom is 0.490 e. The summed E-state index contributed by atoms with van der Waals surface area (Å²) in [6.45, 7) is 0. The number of aliphatic hydroxyl groups excluding tert-OH is 1. The Labute approximate surface area is 172 Å². The van der Waals surface area contributed by atoms with Crippen LogP contribution in [0.25, 0.3) is 11.1 Å². The van der Waals surface area contributed by atoms with E-state index in [1.165, 1.54) is 24.3 Å². The maximum atomic E-state index is 12.9. The molecule has 1 heterocycles. The molecular formula is C19H16F4N4O4. The van der Waals surface area contributed by atoms with Crippen molar-refractivity contribution in [2.24, 2.45) is 0 Å². The van der Waals surface area contributed by atoms with Gasteiger partial charge in [0.05, 0.1) is 6.20 Å². The van der Waals surface area contributed by atoms with Crippen molar-refractivity contribution < 1.29 is 37.4 Å². The van der Waals surface area contributed by atoms with Crippen LogP contribution in [0.2, 0.25) is 0 Å². The summed E-state index contributed by atoms with van der Waals surface area (Å²) >= 11 is 0. The van der Waals surface area contributed by atoms with E-state index in [0.717, 1.165) is 11.1 Å². The van der Waals surface area contributed by atoms with E-state index in [-0.39, 0.29) is 0 Å². The van der Waals surface area contributed by atoms with Gasteiger partial charge in [0.15, 0.2) is 6.10 Å². The van der Waals surface area contributed by atoms with Gasteiger partial charge in [-0.3, -0.25) is 9.89 Å². The average Bonchev–Trinajstić information content (AvgIpc) is 3.14. The second kappa shape index (κ2) is 9.71. The van der Waals surface area contributed by atoms with Crippen LogP contribution in [0.5, 0.6) is 0 Å². The normalized spacial score (nSPS) is 11.8. The van der Waals surface area contributed by atoms with Crippen molar-refractivity contribution in [3.8, 4) is 11.1 Å². The van der Waals surface area contributed by atoms with E-state index >= 15 is 0 Å². The largest absolute Gasteiger partial charge is 0.490 e. The van der Waals surface area contributed by atoms with Crippen LogP contribution in [-0.2, 0) is 9.59 Å². The first-order valence-electron chi connectivity index (χ1n) is 8.43. The Morgan fingerprint density at radius 1 is 1.06 bits per heavy atom. The van der Waals surface area contributed by atoms with E-state index in [0.29, 0.717) is 17.1 Å². The second-order valence-corrected chi connectivity index (χ2v) is 6.02. The molecule has 0 fully saturated rings. The molecule has 1 amide bonds. The molecule has 0 spiro atoms. The van der Waals surface area contributed by atoms with Crippen molar-refractivity contribution in [1.29, 1.82) is 0 Å². The van der Waals surface area contributed by atoms with E-state index in [1.807, 2.05) is 0 Å². The zero-order chi connectivity index (χ0) is 23.2. The predicted molar refractivity (Wildman–Crippen MR) is 102 cm³/mol. The molecule has 1 unspecified atom stereocenters. The number of aromatic nitrogens is 2. The summed E-state index contributed by atoms with van der Waals surface area (Å²) in [5.41, 5.74) is 8.20. The first kappa shape index (κ1) is 23.3. The van der Waals surface area contributed by atoms with Crippen molar-refractivity contribution in [2.45, 2.75) is 12.3 Å². The second-order valence-electron chi connectivity index (χ2n) is 6.02. The number of aliphatic hydroxyl groups is 1. The lowest BCUT2D eigenvalue weighted by atomic mass is 10.1. The Kier molecular flexibility index (Phi) is 7.32. The number of H-pyrrole nitrogens is 1. The highest BCUT2D eigenvalue weighted by Crippen LogP contribution is 2.25. The standard InChI is InChI=1S/C17H15FN4O2.C2HF3O2/c18-12-5-1-11(2-6-12)15(23)17(24)21-13-7-3-10(4-8-13)14-9-20-22-16(14)19;3-2(4,5)1(6)7/h1-9,15,23H,(H,21,24)(H3,19,20,22);(H,6,7). The Morgan fingerprint density at radius 3 is 2.06 bits per heavy atom. The first-order chi connectivity index (χ1) is 14.5. The van der Waals surface area contributed by atoms with Gasteiger partial charge in [0.2, 0.25) is 0 Å². The molecule has 1 aromatic heterocycles. The maximum absolute atomic E-state index is 12.9. The van der Waals surface area contributed by atoms with Crippen molar-refractivity contribution in [1.82, 2.24) is 10.2 Å². The molecule has 3 aromatic rings. The number of alkyl halides is 3. The molecule has 0 saturated carbocycles. The zero-order valence-electron chi connectivity index (χ0n) is 15.5. The number of hydrogen-bond donors (Lipinski definition) is 5. The number of carbonyl (C=O) groups is 2. The molecule has 6 N–H and O–H groups in total. The predicted octanol–water partition coefficient (Wildman–Crippen LogP) is 3.10. The van der Waals surface area contributed by atoms with Crippen molar-refractivity contribution >= 4 is 23.4 Å². The number of carboxylic acid groups (broad SMARTS) is 1. The molecule has 1 atom stereocenters. The van der Waals surface area contributed by atoms with Crippen molar-refractivity contribution in [2.75, 3.05) is 11.1 Å². The Bertz CT molecular complexity index is 1030. The highest BCUT2D eigenvalue weighted by molar-refractivity contribution is 5.95.